The van der Waals surface area contributed by atoms with Crippen molar-refractivity contribution in [1.82, 2.24) is 20.3 Å². The van der Waals surface area contributed by atoms with Gasteiger partial charge in [-0.2, -0.15) is 0 Å². The van der Waals surface area contributed by atoms with E-state index in [0.29, 0.717) is 23.9 Å². The van der Waals surface area contributed by atoms with E-state index in [0.717, 1.165) is 88.5 Å². The molecular formula is C24H36N6O2. The molecule has 0 unspecified atom stereocenters. The highest BCUT2D eigenvalue weighted by atomic mass is 16.5. The van der Waals surface area contributed by atoms with Gasteiger partial charge in [0.15, 0.2) is 0 Å². The lowest BCUT2D eigenvalue weighted by molar-refractivity contribution is 0.0699. The Morgan fingerprint density at radius 3 is 2.56 bits per heavy atom. The van der Waals surface area contributed by atoms with Gasteiger partial charge in [0, 0.05) is 63.6 Å². The minimum atomic E-state index is 0.408. The lowest BCUT2D eigenvalue weighted by Crippen LogP contribution is -2.38. The van der Waals surface area contributed by atoms with Crippen LogP contribution < -0.4 is 16.0 Å². The Balaban J connectivity index is 1.30. The molecule has 2 aliphatic rings. The molecule has 2 aromatic heterocycles. The fourth-order valence-electron chi connectivity index (χ4n) is 4.45. The van der Waals surface area contributed by atoms with Gasteiger partial charge in [-0.1, -0.05) is 0 Å². The molecule has 2 aromatic rings. The zero-order valence-corrected chi connectivity index (χ0v) is 19.1. The number of pyridine rings is 1. The van der Waals surface area contributed by atoms with Crippen molar-refractivity contribution in [3.05, 3.63) is 30.6 Å². The van der Waals surface area contributed by atoms with E-state index in [4.69, 9.17) is 14.5 Å². The summed E-state index contributed by atoms with van der Waals surface area (Å²) in [6.45, 7) is 4.39. The smallest absolute Gasteiger partial charge is 0.223 e. The van der Waals surface area contributed by atoms with E-state index >= 15 is 0 Å². The Bertz CT molecular complexity index is 822. The monoisotopic (exact) mass is 440 g/mol. The minimum absolute atomic E-state index is 0.408. The molecule has 1 saturated carbocycles. The normalized spacial score (nSPS) is 21.9. The molecule has 0 atom stereocenters. The molecule has 1 saturated heterocycles. The van der Waals surface area contributed by atoms with Crippen LogP contribution in [0.3, 0.4) is 0 Å². The number of ether oxygens (including phenoxy) is 2. The molecule has 4 rings (SSSR count). The molecule has 2 fully saturated rings. The SMILES string of the molecule is COCCNC1CCC(Nc2nccc(-c3cc(NCC4CCOCC4)ccn3)n2)CC1. The summed E-state index contributed by atoms with van der Waals surface area (Å²) in [5.74, 6) is 1.35. The van der Waals surface area contributed by atoms with Crippen molar-refractivity contribution in [1.29, 1.82) is 0 Å². The van der Waals surface area contributed by atoms with E-state index in [1.165, 1.54) is 0 Å². The number of hydrogen-bond acceptors (Lipinski definition) is 8. The molecule has 8 heteroatoms. The first-order valence-electron chi connectivity index (χ1n) is 11.9. The largest absolute Gasteiger partial charge is 0.385 e. The molecule has 3 heterocycles. The summed E-state index contributed by atoms with van der Waals surface area (Å²) in [4.78, 5) is 13.7. The standard InChI is InChI=1S/C24H36N6O2/c1-31-15-12-25-19-2-4-20(5-3-19)29-24-27-11-7-22(30-24)23-16-21(6-10-26-23)28-17-18-8-13-32-14-9-18/h6-7,10-11,16,18-20,25H,2-5,8-9,12-15,17H2,1H3,(H,26,28)(H,27,29,30). The van der Waals surface area contributed by atoms with Crippen LogP contribution >= 0.6 is 0 Å². The Morgan fingerprint density at radius 2 is 1.75 bits per heavy atom. The van der Waals surface area contributed by atoms with Gasteiger partial charge >= 0.3 is 0 Å². The predicted octanol–water partition coefficient (Wildman–Crippen LogP) is 3.34. The third-order valence-electron chi connectivity index (χ3n) is 6.41. The minimum Gasteiger partial charge on any atom is -0.385 e. The summed E-state index contributed by atoms with van der Waals surface area (Å²) < 4.78 is 10.6. The van der Waals surface area contributed by atoms with Gasteiger partial charge < -0.3 is 25.4 Å². The molecule has 1 aliphatic carbocycles. The second kappa shape index (κ2) is 12.1. The zero-order chi connectivity index (χ0) is 22.0. The lowest BCUT2D eigenvalue weighted by atomic mass is 9.91. The second-order valence-corrected chi connectivity index (χ2v) is 8.77. The van der Waals surface area contributed by atoms with Gasteiger partial charge in [-0.3, -0.25) is 4.98 Å². The van der Waals surface area contributed by atoms with Crippen LogP contribution in [0.15, 0.2) is 30.6 Å². The number of methoxy groups -OCH3 is 1. The van der Waals surface area contributed by atoms with Crippen LogP contribution in [0.5, 0.6) is 0 Å². The van der Waals surface area contributed by atoms with Crippen LogP contribution in [0.25, 0.3) is 11.4 Å². The molecular weight excluding hydrogens is 404 g/mol. The zero-order valence-electron chi connectivity index (χ0n) is 19.1. The van der Waals surface area contributed by atoms with Gasteiger partial charge in [0.2, 0.25) is 5.95 Å². The molecule has 1 aliphatic heterocycles. The van der Waals surface area contributed by atoms with Gasteiger partial charge in [-0.25, -0.2) is 9.97 Å². The maximum absolute atomic E-state index is 5.45. The molecule has 0 amide bonds. The average Bonchev–Trinajstić information content (AvgIpc) is 2.85. The number of nitrogens with zero attached hydrogens (tertiary/aromatic N) is 3. The summed E-state index contributed by atoms with van der Waals surface area (Å²) in [6, 6.07) is 7.00. The molecule has 0 spiro atoms. The maximum atomic E-state index is 5.45. The van der Waals surface area contributed by atoms with E-state index in [-0.39, 0.29) is 0 Å². The molecule has 0 radical (unpaired) electrons. The van der Waals surface area contributed by atoms with Gasteiger partial charge in [0.05, 0.1) is 18.0 Å². The highest BCUT2D eigenvalue weighted by molar-refractivity contribution is 5.61. The number of hydrogen-bond donors (Lipinski definition) is 3. The molecule has 174 valence electrons. The van der Waals surface area contributed by atoms with E-state index in [1.807, 2.05) is 24.5 Å². The summed E-state index contributed by atoms with van der Waals surface area (Å²) in [6.07, 6.45) is 10.4. The van der Waals surface area contributed by atoms with E-state index < -0.39 is 0 Å². The topological polar surface area (TPSA) is 93.2 Å². The summed E-state index contributed by atoms with van der Waals surface area (Å²) in [7, 11) is 1.74. The van der Waals surface area contributed by atoms with Gasteiger partial charge in [0.25, 0.3) is 0 Å². The third-order valence-corrected chi connectivity index (χ3v) is 6.41. The second-order valence-electron chi connectivity index (χ2n) is 8.77. The average molecular weight is 441 g/mol. The van der Waals surface area contributed by atoms with Crippen molar-refractivity contribution >= 4 is 11.6 Å². The van der Waals surface area contributed by atoms with Gasteiger partial charge in [0.1, 0.15) is 0 Å². The molecule has 3 N–H and O–H groups in total. The van der Waals surface area contributed by atoms with Crippen LogP contribution in [0.2, 0.25) is 0 Å². The Labute approximate surface area is 190 Å². The molecule has 0 aromatic carbocycles. The maximum Gasteiger partial charge on any atom is 0.223 e. The number of rotatable bonds is 10. The fourth-order valence-corrected chi connectivity index (χ4v) is 4.45. The number of nitrogens with one attached hydrogen (secondary N) is 3. The van der Waals surface area contributed by atoms with Crippen molar-refractivity contribution < 1.29 is 9.47 Å². The van der Waals surface area contributed by atoms with Crippen LogP contribution in [0, 0.1) is 5.92 Å². The van der Waals surface area contributed by atoms with E-state index in [9.17, 15) is 0 Å². The van der Waals surface area contributed by atoms with Crippen LogP contribution in [-0.2, 0) is 9.47 Å². The third kappa shape index (κ3) is 6.85. The first-order valence-corrected chi connectivity index (χ1v) is 11.9. The highest BCUT2D eigenvalue weighted by Gasteiger charge is 2.21. The first-order chi connectivity index (χ1) is 15.8. The summed E-state index contributed by atoms with van der Waals surface area (Å²) >= 11 is 0. The van der Waals surface area contributed by atoms with Crippen molar-refractivity contribution in [2.75, 3.05) is 50.7 Å². The lowest BCUT2D eigenvalue weighted by Gasteiger charge is -2.29. The van der Waals surface area contributed by atoms with E-state index in [1.54, 1.807) is 7.11 Å². The highest BCUT2D eigenvalue weighted by Crippen LogP contribution is 2.23. The van der Waals surface area contributed by atoms with Crippen molar-refractivity contribution in [2.45, 2.75) is 50.6 Å². The van der Waals surface area contributed by atoms with Crippen molar-refractivity contribution in [2.24, 2.45) is 5.92 Å². The molecule has 32 heavy (non-hydrogen) atoms. The van der Waals surface area contributed by atoms with Crippen LogP contribution in [0.1, 0.15) is 38.5 Å². The van der Waals surface area contributed by atoms with Gasteiger partial charge in [-0.15, -0.1) is 0 Å². The van der Waals surface area contributed by atoms with E-state index in [2.05, 4.69) is 32.0 Å². The molecule has 0 bridgehead atoms. The van der Waals surface area contributed by atoms with Gasteiger partial charge in [-0.05, 0) is 62.6 Å². The Kier molecular flexibility index (Phi) is 8.64. The molecule has 8 nitrogen and oxygen atoms in total. The quantitative estimate of drug-likeness (QED) is 0.485. The predicted molar refractivity (Wildman–Crippen MR) is 127 cm³/mol. The van der Waals surface area contributed by atoms with Crippen LogP contribution in [0.4, 0.5) is 11.6 Å². The van der Waals surface area contributed by atoms with Crippen LogP contribution in [-0.4, -0.2) is 67.1 Å². The Morgan fingerprint density at radius 1 is 0.969 bits per heavy atom. The summed E-state index contributed by atoms with van der Waals surface area (Å²) in [5.41, 5.74) is 2.78. The number of aromatic nitrogens is 3. The van der Waals surface area contributed by atoms with Crippen molar-refractivity contribution in [3.63, 3.8) is 0 Å². The van der Waals surface area contributed by atoms with Crippen molar-refractivity contribution in [3.8, 4) is 11.4 Å². The Hall–Kier alpha value is -2.29. The fraction of sp³-hybridized carbons (Fsp3) is 0.625. The summed E-state index contributed by atoms with van der Waals surface area (Å²) in [5, 5.41) is 10.7. The first kappa shape index (κ1) is 22.9. The number of anilines is 2.